The number of carbonyl (C=O) groups is 1. The Morgan fingerprint density at radius 3 is 2.87 bits per heavy atom. The number of nitrogens with one attached hydrogen (secondary N) is 3. The summed E-state index contributed by atoms with van der Waals surface area (Å²) in [6.07, 6.45) is 0.862. The third kappa shape index (κ3) is 3.15. The van der Waals surface area contributed by atoms with E-state index < -0.39 is 0 Å². The first-order chi connectivity index (χ1) is 11.2. The van der Waals surface area contributed by atoms with E-state index in [1.807, 2.05) is 25.1 Å². The second-order valence-electron chi connectivity index (χ2n) is 5.19. The highest BCUT2D eigenvalue weighted by atomic mass is 19.1. The molecule has 3 N–H and O–H groups in total. The molecule has 0 aliphatic heterocycles. The molecule has 2 amide bonds. The first-order valence-corrected chi connectivity index (χ1v) is 7.47. The summed E-state index contributed by atoms with van der Waals surface area (Å²) < 4.78 is 13.9. The van der Waals surface area contributed by atoms with Crippen LogP contribution in [0.15, 0.2) is 42.5 Å². The van der Waals surface area contributed by atoms with Gasteiger partial charge in [-0.2, -0.15) is 5.10 Å². The Bertz CT molecular complexity index is 843. The number of H-pyrrole nitrogens is 1. The Morgan fingerprint density at radius 1 is 1.26 bits per heavy atom. The van der Waals surface area contributed by atoms with Gasteiger partial charge >= 0.3 is 6.03 Å². The van der Waals surface area contributed by atoms with Gasteiger partial charge in [0.25, 0.3) is 0 Å². The van der Waals surface area contributed by atoms with E-state index >= 15 is 0 Å². The van der Waals surface area contributed by atoms with Crippen molar-refractivity contribution >= 4 is 22.8 Å². The molecule has 0 unspecified atom stereocenters. The number of urea groups is 1. The number of benzene rings is 2. The van der Waals surface area contributed by atoms with Gasteiger partial charge in [0.05, 0.1) is 5.52 Å². The number of halogens is 1. The molecule has 5 nitrogen and oxygen atoms in total. The highest BCUT2D eigenvalue weighted by Crippen LogP contribution is 2.28. The predicted molar refractivity (Wildman–Crippen MR) is 88.8 cm³/mol. The Hall–Kier alpha value is -2.89. The van der Waals surface area contributed by atoms with E-state index in [-0.39, 0.29) is 11.8 Å². The molecule has 0 aliphatic rings. The first kappa shape index (κ1) is 15.0. The van der Waals surface area contributed by atoms with Crippen LogP contribution in [0.3, 0.4) is 0 Å². The van der Waals surface area contributed by atoms with Crippen LogP contribution in [0.25, 0.3) is 22.0 Å². The van der Waals surface area contributed by atoms with Gasteiger partial charge in [-0.3, -0.25) is 10.4 Å². The smallest absolute Gasteiger partial charge is 0.320 e. The molecular weight excluding hydrogens is 295 g/mol. The van der Waals surface area contributed by atoms with Crippen LogP contribution in [0.2, 0.25) is 0 Å². The molecule has 0 spiro atoms. The van der Waals surface area contributed by atoms with Gasteiger partial charge in [-0.05, 0) is 30.2 Å². The van der Waals surface area contributed by atoms with Crippen LogP contribution in [0, 0.1) is 5.82 Å². The number of rotatable bonds is 4. The topological polar surface area (TPSA) is 69.8 Å². The summed E-state index contributed by atoms with van der Waals surface area (Å²) in [5.41, 5.74) is 2.01. The summed E-state index contributed by atoms with van der Waals surface area (Å²) in [7, 11) is 0. The zero-order valence-corrected chi connectivity index (χ0v) is 12.7. The number of fused-ring (bicyclic) bond motifs is 1. The second kappa shape index (κ2) is 6.48. The third-order valence-corrected chi connectivity index (χ3v) is 3.52. The maximum atomic E-state index is 13.9. The number of anilines is 1. The first-order valence-electron chi connectivity index (χ1n) is 7.47. The molecular formula is C17H17FN4O. The molecule has 23 heavy (non-hydrogen) atoms. The molecule has 3 aromatic rings. The lowest BCUT2D eigenvalue weighted by Crippen LogP contribution is -2.29. The van der Waals surface area contributed by atoms with Crippen molar-refractivity contribution < 1.29 is 9.18 Å². The zero-order valence-electron chi connectivity index (χ0n) is 12.7. The summed E-state index contributed by atoms with van der Waals surface area (Å²) in [4.78, 5) is 11.7. The van der Waals surface area contributed by atoms with Gasteiger partial charge in [-0.25, -0.2) is 9.18 Å². The molecule has 0 aliphatic carbocycles. The number of hydrogen-bond donors (Lipinski definition) is 3. The van der Waals surface area contributed by atoms with Crippen molar-refractivity contribution in [2.75, 3.05) is 11.9 Å². The van der Waals surface area contributed by atoms with Crippen molar-refractivity contribution in [2.24, 2.45) is 0 Å². The summed E-state index contributed by atoms with van der Waals surface area (Å²) in [5, 5.41) is 13.2. The fraction of sp³-hybridized carbons (Fsp3) is 0.176. The van der Waals surface area contributed by atoms with E-state index in [0.717, 1.165) is 22.9 Å². The van der Waals surface area contributed by atoms with Gasteiger partial charge < -0.3 is 5.32 Å². The van der Waals surface area contributed by atoms with Gasteiger partial charge in [0.2, 0.25) is 0 Å². The summed E-state index contributed by atoms with van der Waals surface area (Å²) in [5.74, 6) is 0.178. The van der Waals surface area contributed by atoms with E-state index in [2.05, 4.69) is 20.8 Å². The van der Waals surface area contributed by atoms with E-state index in [0.29, 0.717) is 17.9 Å². The van der Waals surface area contributed by atoms with Crippen LogP contribution in [-0.2, 0) is 0 Å². The van der Waals surface area contributed by atoms with Crippen molar-refractivity contribution in [1.82, 2.24) is 15.5 Å². The largest absolute Gasteiger partial charge is 0.338 e. The fourth-order valence-electron chi connectivity index (χ4n) is 2.37. The maximum absolute atomic E-state index is 13.9. The Kier molecular flexibility index (Phi) is 4.23. The monoisotopic (exact) mass is 312 g/mol. The lowest BCUT2D eigenvalue weighted by atomic mass is 10.0. The summed E-state index contributed by atoms with van der Waals surface area (Å²) in [6, 6.07) is 11.8. The Labute approximate surface area is 132 Å². The molecule has 118 valence electrons. The molecule has 0 atom stereocenters. The molecule has 1 heterocycles. The van der Waals surface area contributed by atoms with Crippen LogP contribution in [-0.4, -0.2) is 22.8 Å². The molecule has 2 aromatic carbocycles. The van der Waals surface area contributed by atoms with E-state index in [4.69, 9.17) is 0 Å². The van der Waals surface area contributed by atoms with E-state index in [1.165, 1.54) is 6.07 Å². The molecule has 6 heteroatoms. The van der Waals surface area contributed by atoms with E-state index in [9.17, 15) is 9.18 Å². The van der Waals surface area contributed by atoms with Gasteiger partial charge in [-0.15, -0.1) is 0 Å². The number of aromatic nitrogens is 2. The predicted octanol–water partition coefficient (Wildman–Crippen LogP) is 3.90. The molecule has 0 saturated heterocycles. The van der Waals surface area contributed by atoms with Crippen molar-refractivity contribution in [3.05, 3.63) is 48.3 Å². The van der Waals surface area contributed by atoms with Crippen molar-refractivity contribution in [3.8, 4) is 11.1 Å². The number of aromatic amines is 1. The highest BCUT2D eigenvalue weighted by molar-refractivity contribution is 6.00. The number of hydrogen-bond acceptors (Lipinski definition) is 2. The van der Waals surface area contributed by atoms with Crippen molar-refractivity contribution in [2.45, 2.75) is 13.3 Å². The quantitative estimate of drug-likeness (QED) is 0.684. The average Bonchev–Trinajstić information content (AvgIpc) is 2.95. The van der Waals surface area contributed by atoms with Crippen LogP contribution in [0.1, 0.15) is 13.3 Å². The van der Waals surface area contributed by atoms with Crippen LogP contribution >= 0.6 is 0 Å². The average molecular weight is 312 g/mol. The molecule has 0 fully saturated rings. The van der Waals surface area contributed by atoms with Crippen LogP contribution in [0.5, 0.6) is 0 Å². The van der Waals surface area contributed by atoms with Crippen molar-refractivity contribution in [1.29, 1.82) is 0 Å². The lowest BCUT2D eigenvalue weighted by molar-refractivity contribution is 0.252. The van der Waals surface area contributed by atoms with Gasteiger partial charge in [-0.1, -0.05) is 31.2 Å². The third-order valence-electron chi connectivity index (χ3n) is 3.52. The standard InChI is InChI=1S/C17H17FN4O/c1-2-9-19-17(23)20-16-13-8-7-11(10-15(13)21-22-16)12-5-3-4-6-14(12)18/h3-8,10H,2,9H2,1H3,(H3,19,20,21,22,23). The second-order valence-corrected chi connectivity index (χ2v) is 5.19. The van der Waals surface area contributed by atoms with Crippen LogP contribution < -0.4 is 10.6 Å². The molecule has 0 bridgehead atoms. The minimum absolute atomic E-state index is 0.274. The number of nitrogens with zero attached hydrogens (tertiary/aromatic N) is 1. The van der Waals surface area contributed by atoms with Crippen molar-refractivity contribution in [3.63, 3.8) is 0 Å². The molecule has 3 rings (SSSR count). The number of carbonyl (C=O) groups excluding carboxylic acids is 1. The van der Waals surface area contributed by atoms with E-state index in [1.54, 1.807) is 18.2 Å². The van der Waals surface area contributed by atoms with Gasteiger partial charge in [0.15, 0.2) is 5.82 Å². The summed E-state index contributed by atoms with van der Waals surface area (Å²) >= 11 is 0. The Balaban J connectivity index is 1.89. The molecule has 0 radical (unpaired) electrons. The fourth-order valence-corrected chi connectivity index (χ4v) is 2.37. The zero-order chi connectivity index (χ0) is 16.2. The summed E-state index contributed by atoms with van der Waals surface area (Å²) in [6.45, 7) is 2.58. The van der Waals surface area contributed by atoms with Crippen LogP contribution in [0.4, 0.5) is 15.0 Å². The Morgan fingerprint density at radius 2 is 2.09 bits per heavy atom. The minimum atomic E-state index is -0.293. The highest BCUT2D eigenvalue weighted by Gasteiger charge is 2.11. The SMILES string of the molecule is CCCNC(=O)Nc1n[nH]c2cc(-c3ccccc3F)ccc12. The van der Waals surface area contributed by atoms with Gasteiger partial charge in [0, 0.05) is 17.5 Å². The normalized spacial score (nSPS) is 10.7. The number of amides is 2. The maximum Gasteiger partial charge on any atom is 0.320 e. The van der Waals surface area contributed by atoms with Gasteiger partial charge in [0.1, 0.15) is 5.82 Å². The minimum Gasteiger partial charge on any atom is -0.338 e. The molecule has 1 aromatic heterocycles. The molecule has 0 saturated carbocycles. The lowest BCUT2D eigenvalue weighted by Gasteiger charge is -2.05.